The zero-order valence-corrected chi connectivity index (χ0v) is 10.3. The topological polar surface area (TPSA) is 84.5 Å². The van der Waals surface area contributed by atoms with Gasteiger partial charge in [0.25, 0.3) is 0 Å². The van der Waals surface area contributed by atoms with E-state index in [-0.39, 0.29) is 12.6 Å². The van der Waals surface area contributed by atoms with Crippen LogP contribution in [0.1, 0.15) is 13.3 Å². The Morgan fingerprint density at radius 1 is 1.44 bits per heavy atom. The van der Waals surface area contributed by atoms with Crippen molar-refractivity contribution in [2.24, 2.45) is 5.92 Å². The molecule has 0 aromatic heterocycles. The average molecular weight is 250 g/mol. The number of hydrogen-bond donors (Lipinski definition) is 2. The van der Waals surface area contributed by atoms with E-state index in [1.807, 2.05) is 11.6 Å². The Kier molecular flexibility index (Phi) is 4.69. The van der Waals surface area contributed by atoms with E-state index < -0.39 is 21.8 Å². The van der Waals surface area contributed by atoms with Crippen LogP contribution >= 0.6 is 0 Å². The Balaban J connectivity index is 2.54. The second-order valence-corrected chi connectivity index (χ2v) is 5.69. The Morgan fingerprint density at radius 3 is 2.69 bits per heavy atom. The van der Waals surface area contributed by atoms with Crippen molar-refractivity contribution in [3.63, 3.8) is 0 Å². The van der Waals surface area contributed by atoms with E-state index >= 15 is 0 Å². The van der Waals surface area contributed by atoms with E-state index in [2.05, 4.69) is 5.32 Å². The molecule has 6 nitrogen and oxygen atoms in total. The van der Waals surface area contributed by atoms with E-state index in [0.717, 1.165) is 19.2 Å². The maximum absolute atomic E-state index is 11.6. The van der Waals surface area contributed by atoms with Crippen LogP contribution < -0.4 is 10.0 Å². The lowest BCUT2D eigenvalue weighted by molar-refractivity contribution is -0.123. The van der Waals surface area contributed by atoms with Crippen LogP contribution in [-0.4, -0.2) is 46.4 Å². The summed E-state index contributed by atoms with van der Waals surface area (Å²) in [5.74, 6) is -0.921. The highest BCUT2D eigenvalue weighted by Gasteiger charge is 2.34. The van der Waals surface area contributed by atoms with Gasteiger partial charge < -0.3 is 10.1 Å². The molecule has 16 heavy (non-hydrogen) atoms. The van der Waals surface area contributed by atoms with Crippen molar-refractivity contribution >= 4 is 15.9 Å². The first-order chi connectivity index (χ1) is 7.44. The molecule has 0 aromatic carbocycles. The van der Waals surface area contributed by atoms with Crippen molar-refractivity contribution in [1.29, 1.82) is 0 Å². The van der Waals surface area contributed by atoms with Gasteiger partial charge in [-0.2, -0.15) is 0 Å². The molecule has 0 aromatic rings. The molecule has 1 fully saturated rings. The molecule has 0 saturated carbocycles. The standard InChI is InChI=1S/C9H18N2O4S/c1-3-4-10-8-6-15-5-7(8)9(12)11-16(2,13)14/h7-8,10H,3-6H2,1-2H3,(H,11,12). The number of ether oxygens (including phenoxy) is 1. The van der Waals surface area contributed by atoms with Crippen molar-refractivity contribution in [1.82, 2.24) is 10.0 Å². The molecule has 1 aliphatic heterocycles. The van der Waals surface area contributed by atoms with Crippen LogP contribution in [0.5, 0.6) is 0 Å². The second kappa shape index (κ2) is 5.60. The third-order valence-corrected chi connectivity index (χ3v) is 2.93. The molecule has 1 aliphatic rings. The van der Waals surface area contributed by atoms with Crippen LogP contribution in [0.25, 0.3) is 0 Å². The van der Waals surface area contributed by atoms with E-state index in [9.17, 15) is 13.2 Å². The number of rotatable bonds is 5. The minimum absolute atomic E-state index is 0.0956. The molecule has 1 heterocycles. The molecule has 2 N–H and O–H groups in total. The van der Waals surface area contributed by atoms with Crippen molar-refractivity contribution < 1.29 is 17.9 Å². The van der Waals surface area contributed by atoms with Gasteiger partial charge in [-0.25, -0.2) is 8.42 Å². The number of carbonyl (C=O) groups excluding carboxylic acids is 1. The Hall–Kier alpha value is -0.660. The van der Waals surface area contributed by atoms with Crippen molar-refractivity contribution in [3.05, 3.63) is 0 Å². The minimum Gasteiger partial charge on any atom is -0.379 e. The van der Waals surface area contributed by atoms with Gasteiger partial charge in [-0.05, 0) is 13.0 Å². The van der Waals surface area contributed by atoms with Crippen molar-refractivity contribution in [2.75, 3.05) is 26.0 Å². The predicted octanol–water partition coefficient (Wildman–Crippen LogP) is -0.923. The van der Waals surface area contributed by atoms with Crippen LogP contribution in [0.3, 0.4) is 0 Å². The molecule has 1 rings (SSSR count). The molecule has 0 radical (unpaired) electrons. The van der Waals surface area contributed by atoms with Gasteiger partial charge in [0.15, 0.2) is 0 Å². The predicted molar refractivity (Wildman–Crippen MR) is 59.4 cm³/mol. The number of sulfonamides is 1. The molecule has 0 spiro atoms. The van der Waals surface area contributed by atoms with Gasteiger partial charge in [-0.3, -0.25) is 9.52 Å². The van der Waals surface area contributed by atoms with Gasteiger partial charge in [0.1, 0.15) is 0 Å². The third-order valence-electron chi connectivity index (χ3n) is 2.36. The fraction of sp³-hybridized carbons (Fsp3) is 0.889. The van der Waals surface area contributed by atoms with E-state index in [1.54, 1.807) is 0 Å². The molecule has 7 heteroatoms. The maximum Gasteiger partial charge on any atom is 0.240 e. The monoisotopic (exact) mass is 250 g/mol. The zero-order chi connectivity index (χ0) is 12.2. The average Bonchev–Trinajstić information content (AvgIpc) is 2.59. The summed E-state index contributed by atoms with van der Waals surface area (Å²) < 4.78 is 29.0. The fourth-order valence-corrected chi connectivity index (χ4v) is 2.12. The summed E-state index contributed by atoms with van der Waals surface area (Å²) in [7, 11) is -3.49. The zero-order valence-electron chi connectivity index (χ0n) is 9.52. The highest BCUT2D eigenvalue weighted by atomic mass is 32.2. The molecular formula is C9H18N2O4S. The normalized spacial score (nSPS) is 25.6. The Morgan fingerprint density at radius 2 is 2.12 bits per heavy atom. The Bertz CT molecular complexity index is 341. The lowest BCUT2D eigenvalue weighted by Crippen LogP contribution is -2.45. The number of nitrogens with one attached hydrogen (secondary N) is 2. The molecule has 94 valence electrons. The summed E-state index contributed by atoms with van der Waals surface area (Å²) in [5.41, 5.74) is 0. The summed E-state index contributed by atoms with van der Waals surface area (Å²) in [4.78, 5) is 11.6. The third kappa shape index (κ3) is 4.07. The van der Waals surface area contributed by atoms with Gasteiger partial charge in [0.2, 0.25) is 15.9 Å². The van der Waals surface area contributed by atoms with Gasteiger partial charge in [-0.15, -0.1) is 0 Å². The lowest BCUT2D eigenvalue weighted by Gasteiger charge is -2.17. The summed E-state index contributed by atoms with van der Waals surface area (Å²) >= 11 is 0. The van der Waals surface area contributed by atoms with Crippen molar-refractivity contribution in [2.45, 2.75) is 19.4 Å². The molecule has 2 unspecified atom stereocenters. The summed E-state index contributed by atoms with van der Waals surface area (Å²) in [6, 6.07) is -0.0956. The maximum atomic E-state index is 11.6. The van der Waals surface area contributed by atoms with Gasteiger partial charge in [0, 0.05) is 6.04 Å². The fourth-order valence-electron chi connectivity index (χ4n) is 1.60. The summed E-state index contributed by atoms with van der Waals surface area (Å²) in [5, 5.41) is 3.17. The minimum atomic E-state index is -3.49. The lowest BCUT2D eigenvalue weighted by atomic mass is 10.0. The largest absolute Gasteiger partial charge is 0.379 e. The van der Waals surface area contributed by atoms with Crippen LogP contribution in [-0.2, 0) is 19.6 Å². The van der Waals surface area contributed by atoms with Crippen LogP contribution in [0, 0.1) is 5.92 Å². The Labute approximate surface area is 95.8 Å². The summed E-state index contributed by atoms with van der Waals surface area (Å²) in [6.45, 7) is 3.52. The van der Waals surface area contributed by atoms with Crippen LogP contribution in [0.4, 0.5) is 0 Å². The highest BCUT2D eigenvalue weighted by molar-refractivity contribution is 7.89. The first-order valence-corrected chi connectivity index (χ1v) is 7.16. The molecule has 2 atom stereocenters. The van der Waals surface area contributed by atoms with Crippen LogP contribution in [0.2, 0.25) is 0 Å². The van der Waals surface area contributed by atoms with Gasteiger partial charge in [0.05, 0.1) is 25.4 Å². The van der Waals surface area contributed by atoms with Gasteiger partial charge >= 0.3 is 0 Å². The quantitative estimate of drug-likeness (QED) is 0.659. The van der Waals surface area contributed by atoms with E-state index in [0.29, 0.717) is 6.61 Å². The molecule has 0 aliphatic carbocycles. The smallest absolute Gasteiger partial charge is 0.240 e. The molecular weight excluding hydrogens is 232 g/mol. The highest BCUT2D eigenvalue weighted by Crippen LogP contribution is 2.14. The summed E-state index contributed by atoms with van der Waals surface area (Å²) in [6.07, 6.45) is 1.92. The SMILES string of the molecule is CCCNC1COCC1C(=O)NS(C)(=O)=O. The van der Waals surface area contributed by atoms with Crippen molar-refractivity contribution in [3.8, 4) is 0 Å². The molecule has 1 amide bonds. The number of hydrogen-bond acceptors (Lipinski definition) is 5. The van der Waals surface area contributed by atoms with E-state index in [1.165, 1.54) is 0 Å². The molecule has 0 bridgehead atoms. The number of carbonyl (C=O) groups is 1. The number of amides is 1. The first-order valence-electron chi connectivity index (χ1n) is 5.27. The van der Waals surface area contributed by atoms with Gasteiger partial charge in [-0.1, -0.05) is 6.92 Å². The second-order valence-electron chi connectivity index (χ2n) is 3.94. The van der Waals surface area contributed by atoms with E-state index in [4.69, 9.17) is 4.74 Å². The van der Waals surface area contributed by atoms with Crippen LogP contribution in [0.15, 0.2) is 0 Å². The molecule has 1 saturated heterocycles. The first kappa shape index (κ1) is 13.4.